The van der Waals surface area contributed by atoms with Gasteiger partial charge in [0.15, 0.2) is 0 Å². The average molecular weight is 235 g/mol. The molecule has 0 radical (unpaired) electrons. The molecule has 94 valence electrons. The molecule has 0 N–H and O–H groups in total. The molecule has 0 aliphatic heterocycles. The van der Waals surface area contributed by atoms with E-state index in [1.54, 1.807) is 6.33 Å². The molecule has 4 nitrogen and oxygen atoms in total. The minimum Gasteiger partial charge on any atom is -0.299 e. The number of hydrogen-bond acceptors (Lipinski definition) is 3. The summed E-state index contributed by atoms with van der Waals surface area (Å²) >= 11 is 0. The molecule has 1 saturated carbocycles. The summed E-state index contributed by atoms with van der Waals surface area (Å²) < 4.78 is 1.94. The lowest BCUT2D eigenvalue weighted by atomic mass is 9.95. The zero-order valence-corrected chi connectivity index (χ0v) is 10.6. The Bertz CT molecular complexity index is 372. The zero-order valence-electron chi connectivity index (χ0n) is 10.6. The third kappa shape index (κ3) is 3.14. The van der Waals surface area contributed by atoms with Crippen molar-refractivity contribution in [3.8, 4) is 0 Å². The monoisotopic (exact) mass is 235 g/mol. The van der Waals surface area contributed by atoms with Gasteiger partial charge in [-0.15, -0.1) is 0 Å². The van der Waals surface area contributed by atoms with Gasteiger partial charge in [-0.3, -0.25) is 9.48 Å². The second kappa shape index (κ2) is 5.94. The summed E-state index contributed by atoms with van der Waals surface area (Å²) in [5, 5.41) is 4.21. The fourth-order valence-electron chi connectivity index (χ4n) is 2.51. The van der Waals surface area contributed by atoms with Crippen molar-refractivity contribution in [2.75, 3.05) is 0 Å². The number of Topliss-reactive ketones (excluding diaryl/α,β-unsaturated/α-hetero) is 1. The van der Waals surface area contributed by atoms with Crippen LogP contribution in [0, 0.1) is 5.92 Å². The normalized spacial score (nSPS) is 21.5. The van der Waals surface area contributed by atoms with E-state index in [1.807, 2.05) is 4.68 Å². The van der Waals surface area contributed by atoms with E-state index in [9.17, 15) is 4.79 Å². The predicted octanol–water partition coefficient (Wildman–Crippen LogP) is 2.38. The molecule has 1 aromatic heterocycles. The molecule has 1 aliphatic carbocycles. The number of aromatic nitrogens is 3. The van der Waals surface area contributed by atoms with Crippen molar-refractivity contribution in [1.29, 1.82) is 0 Å². The van der Waals surface area contributed by atoms with Gasteiger partial charge < -0.3 is 0 Å². The summed E-state index contributed by atoms with van der Waals surface area (Å²) in [6, 6.07) is 0. The lowest BCUT2D eigenvalue weighted by Gasteiger charge is -2.12. The summed E-state index contributed by atoms with van der Waals surface area (Å²) in [5.74, 6) is 1.58. The van der Waals surface area contributed by atoms with E-state index < -0.39 is 0 Å². The highest BCUT2D eigenvalue weighted by Crippen LogP contribution is 2.22. The van der Waals surface area contributed by atoms with Crippen LogP contribution in [0.3, 0.4) is 0 Å². The third-order valence-electron chi connectivity index (χ3n) is 3.49. The number of rotatable bonds is 4. The number of aryl methyl sites for hydroxylation is 1. The van der Waals surface area contributed by atoms with Crippen LogP contribution < -0.4 is 0 Å². The highest BCUT2D eigenvalue weighted by Gasteiger charge is 2.22. The van der Waals surface area contributed by atoms with Crippen LogP contribution in [0.4, 0.5) is 0 Å². The number of carbonyl (C=O) groups is 1. The molecule has 1 aliphatic rings. The Kier molecular flexibility index (Phi) is 4.29. The maximum absolute atomic E-state index is 12.0. The average Bonchev–Trinajstić information content (AvgIpc) is 2.64. The van der Waals surface area contributed by atoms with Crippen LogP contribution in [0.2, 0.25) is 0 Å². The van der Waals surface area contributed by atoms with E-state index in [0.29, 0.717) is 5.78 Å². The van der Waals surface area contributed by atoms with Crippen LogP contribution in [0.15, 0.2) is 6.33 Å². The van der Waals surface area contributed by atoms with Crippen molar-refractivity contribution in [3.05, 3.63) is 12.2 Å². The smallest absolute Gasteiger partial charge is 0.138 e. The first-order valence-electron chi connectivity index (χ1n) is 6.70. The summed E-state index contributed by atoms with van der Waals surface area (Å²) in [5.41, 5.74) is 0. The van der Waals surface area contributed by atoms with E-state index in [2.05, 4.69) is 17.0 Å². The highest BCUT2D eigenvalue weighted by molar-refractivity contribution is 5.81. The van der Waals surface area contributed by atoms with Gasteiger partial charge in [0.2, 0.25) is 0 Å². The molecule has 1 heterocycles. The van der Waals surface area contributed by atoms with Crippen LogP contribution in [0.5, 0.6) is 0 Å². The van der Waals surface area contributed by atoms with Gasteiger partial charge >= 0.3 is 0 Å². The fraction of sp³-hybridized carbons (Fsp3) is 0.769. The molecule has 1 atom stereocenters. The molecular weight excluding hydrogens is 214 g/mol. The molecule has 2 rings (SSSR count). The lowest BCUT2D eigenvalue weighted by molar-refractivity contribution is -0.122. The second-order valence-corrected chi connectivity index (χ2v) is 4.87. The van der Waals surface area contributed by atoms with Crippen LogP contribution in [0.1, 0.15) is 51.3 Å². The molecule has 17 heavy (non-hydrogen) atoms. The Morgan fingerprint density at radius 1 is 1.41 bits per heavy atom. The van der Waals surface area contributed by atoms with Gasteiger partial charge in [0.1, 0.15) is 17.9 Å². The third-order valence-corrected chi connectivity index (χ3v) is 3.49. The number of nitrogens with zero attached hydrogens (tertiary/aromatic N) is 3. The number of hydrogen-bond donors (Lipinski definition) is 0. The van der Waals surface area contributed by atoms with E-state index in [1.165, 1.54) is 12.8 Å². The number of carbonyl (C=O) groups excluding carboxylic acids is 1. The Labute approximate surface area is 102 Å². The van der Waals surface area contributed by atoms with Crippen molar-refractivity contribution in [2.45, 2.75) is 58.4 Å². The highest BCUT2D eigenvalue weighted by atomic mass is 16.1. The zero-order chi connectivity index (χ0) is 12.1. The van der Waals surface area contributed by atoms with Crippen molar-refractivity contribution in [1.82, 2.24) is 14.8 Å². The molecule has 0 saturated heterocycles. The minimum atomic E-state index is 0.178. The largest absolute Gasteiger partial charge is 0.299 e. The SMILES string of the molecule is CCCn1ncnc1CC1CCCCCC1=O. The Hall–Kier alpha value is -1.19. The van der Waals surface area contributed by atoms with Crippen molar-refractivity contribution >= 4 is 5.78 Å². The van der Waals surface area contributed by atoms with Gasteiger partial charge in [0.05, 0.1) is 0 Å². The molecule has 0 spiro atoms. The Balaban J connectivity index is 2.02. The van der Waals surface area contributed by atoms with E-state index in [0.717, 1.165) is 44.5 Å². The quantitative estimate of drug-likeness (QED) is 0.753. The van der Waals surface area contributed by atoms with Gasteiger partial charge in [-0.1, -0.05) is 19.8 Å². The molecule has 1 fully saturated rings. The van der Waals surface area contributed by atoms with E-state index in [4.69, 9.17) is 0 Å². The van der Waals surface area contributed by atoms with Crippen LogP contribution in [-0.4, -0.2) is 20.5 Å². The second-order valence-electron chi connectivity index (χ2n) is 4.87. The van der Waals surface area contributed by atoms with Crippen molar-refractivity contribution in [3.63, 3.8) is 0 Å². The molecule has 1 aromatic rings. The first-order chi connectivity index (χ1) is 8.31. The van der Waals surface area contributed by atoms with Gasteiger partial charge in [-0.2, -0.15) is 5.10 Å². The molecule has 0 aromatic carbocycles. The van der Waals surface area contributed by atoms with E-state index in [-0.39, 0.29) is 5.92 Å². The molecule has 0 amide bonds. The molecular formula is C13H21N3O. The fourth-order valence-corrected chi connectivity index (χ4v) is 2.51. The topological polar surface area (TPSA) is 47.8 Å². The summed E-state index contributed by atoms with van der Waals surface area (Å²) in [7, 11) is 0. The molecule has 1 unspecified atom stereocenters. The lowest BCUT2D eigenvalue weighted by Crippen LogP contribution is -2.18. The summed E-state index contributed by atoms with van der Waals surface area (Å²) in [6.07, 6.45) is 8.66. The Morgan fingerprint density at radius 3 is 3.12 bits per heavy atom. The molecule has 0 bridgehead atoms. The first-order valence-corrected chi connectivity index (χ1v) is 6.70. The minimum absolute atomic E-state index is 0.178. The number of ketones is 1. The maximum Gasteiger partial charge on any atom is 0.138 e. The van der Waals surface area contributed by atoms with Crippen LogP contribution in [0.25, 0.3) is 0 Å². The van der Waals surface area contributed by atoms with Crippen LogP contribution in [-0.2, 0) is 17.8 Å². The maximum atomic E-state index is 12.0. The van der Waals surface area contributed by atoms with Gasteiger partial charge in [-0.05, 0) is 19.3 Å². The van der Waals surface area contributed by atoms with Crippen molar-refractivity contribution in [2.24, 2.45) is 5.92 Å². The standard InChI is InChI=1S/C13H21N3O/c1-2-8-16-13(14-10-15-16)9-11-6-4-3-5-7-12(11)17/h10-11H,2-9H2,1H3. The first kappa shape index (κ1) is 12.3. The summed E-state index contributed by atoms with van der Waals surface area (Å²) in [6.45, 7) is 3.03. The Morgan fingerprint density at radius 2 is 2.29 bits per heavy atom. The van der Waals surface area contributed by atoms with Gasteiger partial charge in [0.25, 0.3) is 0 Å². The van der Waals surface area contributed by atoms with E-state index >= 15 is 0 Å². The predicted molar refractivity (Wildman–Crippen MR) is 65.6 cm³/mol. The van der Waals surface area contributed by atoms with Crippen molar-refractivity contribution < 1.29 is 4.79 Å². The summed E-state index contributed by atoms with van der Waals surface area (Å²) in [4.78, 5) is 16.2. The van der Waals surface area contributed by atoms with Gasteiger partial charge in [0, 0.05) is 25.3 Å². The van der Waals surface area contributed by atoms with Crippen LogP contribution >= 0.6 is 0 Å². The molecule has 4 heteroatoms. The van der Waals surface area contributed by atoms with Gasteiger partial charge in [-0.25, -0.2) is 4.98 Å².